The third kappa shape index (κ3) is 6.71. The van der Waals surface area contributed by atoms with E-state index in [4.69, 9.17) is 9.97 Å². The summed E-state index contributed by atoms with van der Waals surface area (Å²) >= 11 is 0. The van der Waals surface area contributed by atoms with Crippen molar-refractivity contribution in [1.82, 2.24) is 9.97 Å². The van der Waals surface area contributed by atoms with E-state index in [1.807, 2.05) is 91.0 Å². The largest absolute Gasteiger partial charge is 0.308 e. The molecule has 0 fully saturated rings. The van der Waals surface area contributed by atoms with Crippen molar-refractivity contribution in [3.63, 3.8) is 0 Å². The summed E-state index contributed by atoms with van der Waals surface area (Å²) in [4.78, 5) is 13.5. The molecule has 0 spiro atoms. The molecule has 5 heteroatoms. The Hall–Kier alpha value is -7.47. The average Bonchev–Trinajstić information content (AvgIpc) is 3.24. The van der Waals surface area contributed by atoms with E-state index in [-0.39, 0.29) is 0 Å². The van der Waals surface area contributed by atoms with Crippen LogP contribution in [0.15, 0.2) is 176 Å². The van der Waals surface area contributed by atoms with Gasteiger partial charge in [-0.25, -0.2) is 4.98 Å². The molecule has 0 saturated carbocycles. The summed E-state index contributed by atoms with van der Waals surface area (Å²) in [7, 11) is 0. The summed E-state index contributed by atoms with van der Waals surface area (Å²) in [6.07, 6.45) is 0. The van der Waals surface area contributed by atoms with E-state index in [1.54, 1.807) is 6.07 Å². The van der Waals surface area contributed by atoms with Crippen LogP contribution in [-0.2, 0) is 0 Å². The quantitative estimate of drug-likeness (QED) is 0.170. The summed E-state index contributed by atoms with van der Waals surface area (Å²) in [6, 6.07) is 63.2. The highest BCUT2D eigenvalue weighted by molar-refractivity contribution is 5.80. The van der Waals surface area contributed by atoms with Crippen molar-refractivity contribution >= 4 is 0 Å². The van der Waals surface area contributed by atoms with E-state index in [0.29, 0.717) is 22.8 Å². The maximum absolute atomic E-state index is 9.88. The van der Waals surface area contributed by atoms with Gasteiger partial charge in [-0.1, -0.05) is 113 Å². The fraction of sp³-hybridized carbons (Fsp3) is 0. The average molecular weight is 665 g/mol. The maximum atomic E-state index is 9.88. The molecule has 0 atom stereocenters. The number of aromatic amines is 1. The Bertz CT molecular complexity index is 2630. The van der Waals surface area contributed by atoms with Crippen LogP contribution in [0.3, 0.4) is 0 Å². The van der Waals surface area contributed by atoms with Crippen molar-refractivity contribution in [2.24, 2.45) is 0 Å². The monoisotopic (exact) mass is 664 g/mol. The van der Waals surface area contributed by atoms with E-state index in [1.165, 1.54) is 0 Å². The third-order valence-corrected chi connectivity index (χ3v) is 9.02. The van der Waals surface area contributed by atoms with Crippen molar-refractivity contribution in [2.45, 2.75) is 0 Å². The fourth-order valence-electron chi connectivity index (χ4n) is 6.36. The van der Waals surface area contributed by atoms with Crippen LogP contribution in [0.5, 0.6) is 0 Å². The lowest BCUT2D eigenvalue weighted by Crippen LogP contribution is -2.17. The number of nitrogens with zero attached hydrogens (tertiary/aromatic N) is 4. The van der Waals surface area contributed by atoms with Crippen molar-refractivity contribution in [3.05, 3.63) is 187 Å². The van der Waals surface area contributed by atoms with E-state index in [9.17, 15) is 10.5 Å². The van der Waals surface area contributed by atoms with Crippen molar-refractivity contribution < 1.29 is 4.98 Å². The molecule has 0 amide bonds. The van der Waals surface area contributed by atoms with Gasteiger partial charge in [0.15, 0.2) is 0 Å². The van der Waals surface area contributed by atoms with Crippen LogP contribution in [-0.4, -0.2) is 9.97 Å². The van der Waals surface area contributed by atoms with E-state index >= 15 is 0 Å². The number of benzene rings is 7. The first kappa shape index (κ1) is 31.8. The molecule has 0 aliphatic heterocycles. The number of hydrogen-bond acceptors (Lipinski definition) is 4. The molecule has 1 N–H and O–H groups in total. The Labute approximate surface area is 302 Å². The second kappa shape index (κ2) is 14.2. The molecule has 242 valence electrons. The van der Waals surface area contributed by atoms with Gasteiger partial charge in [0.25, 0.3) is 11.6 Å². The van der Waals surface area contributed by atoms with Crippen molar-refractivity contribution in [3.8, 4) is 90.8 Å². The normalized spacial score (nSPS) is 10.7. The second-order valence-corrected chi connectivity index (χ2v) is 12.4. The SMILES string of the molecule is N#Cc1cccc(-c2cc(C#N)cc(-c3cccc(-c4cccc(-c5nc(-c6ccc(-c7ccccc7)cc6)nc(-c6ccccc6)[nH+]5)c4)c3)c2)c1. The van der Waals surface area contributed by atoms with Crippen LogP contribution in [0.2, 0.25) is 0 Å². The molecule has 5 nitrogen and oxygen atoms in total. The fourth-order valence-corrected chi connectivity index (χ4v) is 6.36. The second-order valence-electron chi connectivity index (χ2n) is 12.4. The molecular weight excluding hydrogens is 635 g/mol. The summed E-state index contributed by atoms with van der Waals surface area (Å²) < 4.78 is 0. The summed E-state index contributed by atoms with van der Waals surface area (Å²) in [5.41, 5.74) is 12.0. The molecule has 0 radical (unpaired) electrons. The summed E-state index contributed by atoms with van der Waals surface area (Å²) in [6.45, 7) is 0. The Morgan fingerprint density at radius 1 is 0.327 bits per heavy atom. The minimum atomic E-state index is 0.557. The van der Waals surface area contributed by atoms with Crippen LogP contribution in [0.4, 0.5) is 0 Å². The molecule has 0 aliphatic rings. The lowest BCUT2D eigenvalue weighted by atomic mass is 9.93. The zero-order valence-electron chi connectivity index (χ0n) is 28.0. The number of rotatable bonds is 7. The van der Waals surface area contributed by atoms with Gasteiger partial charge in [-0.15, -0.1) is 0 Å². The lowest BCUT2D eigenvalue weighted by Gasteiger charge is -2.10. The van der Waals surface area contributed by atoms with Gasteiger partial charge in [0.1, 0.15) is 0 Å². The zero-order valence-corrected chi connectivity index (χ0v) is 28.0. The molecule has 0 unspecified atom stereocenters. The first-order valence-electron chi connectivity index (χ1n) is 16.9. The van der Waals surface area contributed by atoms with Crippen LogP contribution in [0.25, 0.3) is 78.7 Å². The highest BCUT2D eigenvalue weighted by atomic mass is 15.0. The van der Waals surface area contributed by atoms with Gasteiger partial charge in [-0.2, -0.15) is 10.5 Å². The van der Waals surface area contributed by atoms with Crippen molar-refractivity contribution in [1.29, 1.82) is 10.5 Å². The molecule has 0 bridgehead atoms. The molecule has 0 aliphatic carbocycles. The number of hydrogen-bond donors (Lipinski definition) is 0. The van der Waals surface area contributed by atoms with Crippen molar-refractivity contribution in [2.75, 3.05) is 0 Å². The molecular formula is C47H30N5+. The van der Waals surface area contributed by atoms with Crippen LogP contribution in [0, 0.1) is 22.7 Å². The predicted molar refractivity (Wildman–Crippen MR) is 206 cm³/mol. The minimum absolute atomic E-state index is 0.557. The molecule has 1 heterocycles. The van der Waals surface area contributed by atoms with Crippen LogP contribution in [0.1, 0.15) is 11.1 Å². The topological polar surface area (TPSA) is 87.5 Å². The van der Waals surface area contributed by atoms with Gasteiger partial charge in [0, 0.05) is 0 Å². The number of H-pyrrole nitrogens is 1. The van der Waals surface area contributed by atoms with Crippen LogP contribution >= 0.6 is 0 Å². The molecule has 52 heavy (non-hydrogen) atoms. The van der Waals surface area contributed by atoms with Gasteiger partial charge < -0.3 is 0 Å². The first-order chi connectivity index (χ1) is 25.6. The standard InChI is InChI=1S/C47H29N5/c48-30-32-10-7-15-38(24-32)43-25-33(31-49)26-44(29-43)41-18-8-16-39(27-41)40-17-9-19-42(28-40)47-51-45(36-13-5-2-6-14-36)50-46(52-47)37-22-20-35(21-23-37)34-11-3-1-4-12-34/h1-29H/p+1. The summed E-state index contributed by atoms with van der Waals surface area (Å²) in [5.74, 6) is 2.07. The van der Waals surface area contributed by atoms with Gasteiger partial charge in [0.05, 0.1) is 40.0 Å². The highest BCUT2D eigenvalue weighted by Gasteiger charge is 2.20. The van der Waals surface area contributed by atoms with Gasteiger partial charge >= 0.3 is 5.82 Å². The maximum Gasteiger partial charge on any atom is 0.308 e. The smallest absolute Gasteiger partial charge is 0.240 e. The van der Waals surface area contributed by atoms with Gasteiger partial charge in [-0.3, -0.25) is 0 Å². The minimum Gasteiger partial charge on any atom is -0.240 e. The molecule has 8 rings (SSSR count). The third-order valence-electron chi connectivity index (χ3n) is 9.02. The summed E-state index contributed by atoms with van der Waals surface area (Å²) in [5, 5.41) is 19.3. The Morgan fingerprint density at radius 3 is 1.35 bits per heavy atom. The van der Waals surface area contributed by atoms with E-state index in [0.717, 1.165) is 67.0 Å². The lowest BCUT2D eigenvalue weighted by molar-refractivity contribution is -0.359. The number of nitriles is 2. The Kier molecular flexibility index (Phi) is 8.66. The molecule has 7 aromatic carbocycles. The van der Waals surface area contributed by atoms with E-state index < -0.39 is 0 Å². The molecule has 0 saturated heterocycles. The van der Waals surface area contributed by atoms with E-state index in [2.05, 4.69) is 96.0 Å². The Balaban J connectivity index is 1.17. The highest BCUT2D eigenvalue weighted by Crippen LogP contribution is 2.33. The number of nitrogens with one attached hydrogen (secondary N) is 1. The predicted octanol–water partition coefficient (Wildman–Crippen LogP) is 10.7. The first-order valence-corrected chi connectivity index (χ1v) is 16.9. The van der Waals surface area contributed by atoms with Gasteiger partial charge in [-0.05, 0) is 117 Å². The Morgan fingerprint density at radius 2 is 0.731 bits per heavy atom. The number of aromatic nitrogens is 3. The zero-order chi connectivity index (χ0) is 35.3. The van der Waals surface area contributed by atoms with Gasteiger partial charge in [0.2, 0.25) is 0 Å². The molecule has 1 aromatic heterocycles. The van der Waals surface area contributed by atoms with Crippen LogP contribution < -0.4 is 4.98 Å². The molecule has 8 aromatic rings.